The van der Waals surface area contributed by atoms with Crippen LogP contribution >= 0.6 is 24.0 Å². The summed E-state index contributed by atoms with van der Waals surface area (Å²) in [5.41, 5.74) is 1.11. The quantitative estimate of drug-likeness (QED) is 0.559. The molecule has 0 aliphatic heterocycles. The van der Waals surface area contributed by atoms with Gasteiger partial charge in [-0.25, -0.2) is 4.79 Å². The number of hydrogen-bond donors (Lipinski definition) is 1. The standard InChI is InChI=1S/C17H24N2O3S2/c1-4-11-22-16(21)13-7-9-14(10-8-13)18-15(20)12-24-17(23)19(5-2)6-3/h7-10H,4-6,11-12H2,1-3H3,(H,18,20). The summed E-state index contributed by atoms with van der Waals surface area (Å²) in [5, 5.41) is 2.79. The van der Waals surface area contributed by atoms with Crippen LogP contribution in [-0.4, -0.2) is 46.5 Å². The number of nitrogens with zero attached hydrogens (tertiary/aromatic N) is 1. The third kappa shape index (κ3) is 6.88. The summed E-state index contributed by atoms with van der Waals surface area (Å²) in [5.74, 6) is -0.221. The zero-order chi connectivity index (χ0) is 17.9. The van der Waals surface area contributed by atoms with Gasteiger partial charge in [0.15, 0.2) is 0 Å². The van der Waals surface area contributed by atoms with Crippen LogP contribution in [0.15, 0.2) is 24.3 Å². The Labute approximate surface area is 153 Å². The summed E-state index contributed by atoms with van der Waals surface area (Å²) >= 11 is 6.64. The first-order chi connectivity index (χ1) is 11.5. The first-order valence-corrected chi connectivity index (χ1v) is 9.39. The van der Waals surface area contributed by atoms with E-state index in [0.29, 0.717) is 17.9 Å². The van der Waals surface area contributed by atoms with Crippen LogP contribution in [0, 0.1) is 0 Å². The molecule has 0 aromatic heterocycles. The molecule has 0 fully saturated rings. The van der Waals surface area contributed by atoms with Crippen molar-refractivity contribution in [2.75, 3.05) is 30.8 Å². The third-order valence-corrected chi connectivity index (χ3v) is 4.71. The topological polar surface area (TPSA) is 58.6 Å². The van der Waals surface area contributed by atoms with Crippen molar-refractivity contribution in [2.24, 2.45) is 0 Å². The predicted octanol–water partition coefficient (Wildman–Crippen LogP) is 3.55. The fourth-order valence-corrected chi connectivity index (χ4v) is 3.07. The number of anilines is 1. The minimum absolute atomic E-state index is 0.129. The van der Waals surface area contributed by atoms with E-state index < -0.39 is 0 Å². The lowest BCUT2D eigenvalue weighted by Gasteiger charge is -2.20. The van der Waals surface area contributed by atoms with Crippen LogP contribution in [0.3, 0.4) is 0 Å². The second-order valence-corrected chi connectivity index (χ2v) is 6.60. The number of carbonyl (C=O) groups is 2. The molecule has 0 bridgehead atoms. The Hall–Kier alpha value is -1.60. The van der Waals surface area contributed by atoms with Crippen molar-refractivity contribution in [1.29, 1.82) is 0 Å². The Morgan fingerprint density at radius 2 is 1.79 bits per heavy atom. The van der Waals surface area contributed by atoms with E-state index in [-0.39, 0.29) is 17.6 Å². The van der Waals surface area contributed by atoms with E-state index >= 15 is 0 Å². The monoisotopic (exact) mass is 368 g/mol. The Bertz CT molecular complexity index is 557. The highest BCUT2D eigenvalue weighted by atomic mass is 32.2. The van der Waals surface area contributed by atoms with E-state index in [0.717, 1.165) is 23.8 Å². The molecule has 0 radical (unpaired) electrons. The molecule has 0 saturated heterocycles. The zero-order valence-corrected chi connectivity index (χ0v) is 16.0. The van der Waals surface area contributed by atoms with Crippen molar-refractivity contribution >= 4 is 45.9 Å². The van der Waals surface area contributed by atoms with Crippen LogP contribution in [0.5, 0.6) is 0 Å². The first kappa shape index (κ1) is 20.4. The van der Waals surface area contributed by atoms with Gasteiger partial charge in [-0.2, -0.15) is 0 Å². The lowest BCUT2D eigenvalue weighted by molar-refractivity contribution is -0.113. The number of ether oxygens (including phenoxy) is 1. The molecule has 1 rings (SSSR count). The Kier molecular flexibility index (Phi) is 9.41. The Morgan fingerprint density at radius 1 is 1.17 bits per heavy atom. The molecule has 1 amide bonds. The minimum Gasteiger partial charge on any atom is -0.462 e. The summed E-state index contributed by atoms with van der Waals surface area (Å²) in [6.45, 7) is 8.07. The Balaban J connectivity index is 2.47. The van der Waals surface area contributed by atoms with Crippen LogP contribution in [0.2, 0.25) is 0 Å². The van der Waals surface area contributed by atoms with Crippen LogP contribution in [0.4, 0.5) is 5.69 Å². The number of thiocarbonyl (C=S) groups is 1. The van der Waals surface area contributed by atoms with E-state index in [4.69, 9.17) is 17.0 Å². The highest BCUT2D eigenvalue weighted by Crippen LogP contribution is 2.13. The predicted molar refractivity (Wildman–Crippen MR) is 104 cm³/mol. The van der Waals surface area contributed by atoms with E-state index in [9.17, 15) is 9.59 Å². The van der Waals surface area contributed by atoms with Crippen molar-refractivity contribution < 1.29 is 14.3 Å². The van der Waals surface area contributed by atoms with Gasteiger partial charge in [0.2, 0.25) is 5.91 Å². The van der Waals surface area contributed by atoms with Gasteiger partial charge in [-0.05, 0) is 44.5 Å². The summed E-state index contributed by atoms with van der Waals surface area (Å²) < 4.78 is 5.78. The fourth-order valence-electron chi connectivity index (χ4n) is 1.87. The normalized spacial score (nSPS) is 10.1. The summed E-state index contributed by atoms with van der Waals surface area (Å²) in [6, 6.07) is 6.66. The summed E-state index contributed by atoms with van der Waals surface area (Å²) in [4.78, 5) is 25.7. The molecule has 0 unspecified atom stereocenters. The molecular weight excluding hydrogens is 344 g/mol. The van der Waals surface area contributed by atoms with Crippen LogP contribution in [0.1, 0.15) is 37.6 Å². The number of carbonyl (C=O) groups excluding carboxylic acids is 2. The number of esters is 1. The maximum absolute atomic E-state index is 12.0. The number of hydrogen-bond acceptors (Lipinski definition) is 5. The fraction of sp³-hybridized carbons (Fsp3) is 0.471. The van der Waals surface area contributed by atoms with Gasteiger partial charge >= 0.3 is 5.97 Å². The second-order valence-electron chi connectivity index (χ2n) is 4.99. The lowest BCUT2D eigenvalue weighted by Crippen LogP contribution is -2.28. The van der Waals surface area contributed by atoms with Crippen molar-refractivity contribution in [2.45, 2.75) is 27.2 Å². The van der Waals surface area contributed by atoms with Crippen molar-refractivity contribution in [3.63, 3.8) is 0 Å². The van der Waals surface area contributed by atoms with Gasteiger partial charge in [-0.3, -0.25) is 4.79 Å². The smallest absolute Gasteiger partial charge is 0.338 e. The van der Waals surface area contributed by atoms with E-state index in [1.165, 1.54) is 11.8 Å². The molecule has 1 aromatic carbocycles. The molecule has 7 heteroatoms. The van der Waals surface area contributed by atoms with Crippen LogP contribution < -0.4 is 5.32 Å². The molecule has 1 aromatic rings. The molecule has 0 spiro atoms. The SMILES string of the molecule is CCCOC(=O)c1ccc(NC(=O)CSC(=S)N(CC)CC)cc1. The molecule has 0 aliphatic carbocycles. The molecule has 0 aliphatic rings. The van der Waals surface area contributed by atoms with Crippen molar-refractivity contribution in [3.8, 4) is 0 Å². The lowest BCUT2D eigenvalue weighted by atomic mass is 10.2. The molecular formula is C17H24N2O3S2. The number of rotatable bonds is 8. The maximum Gasteiger partial charge on any atom is 0.338 e. The first-order valence-electron chi connectivity index (χ1n) is 8.00. The van der Waals surface area contributed by atoms with Gasteiger partial charge in [0.05, 0.1) is 17.9 Å². The van der Waals surface area contributed by atoms with Gasteiger partial charge in [0.25, 0.3) is 0 Å². The van der Waals surface area contributed by atoms with Crippen molar-refractivity contribution in [3.05, 3.63) is 29.8 Å². The van der Waals surface area contributed by atoms with E-state index in [2.05, 4.69) is 5.32 Å². The molecule has 5 nitrogen and oxygen atoms in total. The largest absolute Gasteiger partial charge is 0.462 e. The zero-order valence-electron chi connectivity index (χ0n) is 14.3. The molecule has 1 N–H and O–H groups in total. The van der Waals surface area contributed by atoms with Gasteiger partial charge < -0.3 is 15.0 Å². The van der Waals surface area contributed by atoms with Gasteiger partial charge in [0.1, 0.15) is 4.32 Å². The third-order valence-electron chi connectivity index (χ3n) is 3.19. The average molecular weight is 369 g/mol. The Morgan fingerprint density at radius 3 is 2.33 bits per heavy atom. The summed E-state index contributed by atoms with van der Waals surface area (Å²) in [7, 11) is 0. The number of nitrogens with one attached hydrogen (secondary N) is 1. The molecule has 24 heavy (non-hydrogen) atoms. The number of benzene rings is 1. The summed E-state index contributed by atoms with van der Waals surface area (Å²) in [6.07, 6.45) is 0.785. The number of amides is 1. The molecule has 0 saturated carbocycles. The molecule has 0 heterocycles. The molecule has 0 atom stereocenters. The van der Waals surface area contributed by atoms with Crippen molar-refractivity contribution in [1.82, 2.24) is 4.90 Å². The highest BCUT2D eigenvalue weighted by molar-refractivity contribution is 8.23. The second kappa shape index (κ2) is 11.0. The van der Waals surface area contributed by atoms with Crippen LogP contribution in [0.25, 0.3) is 0 Å². The highest BCUT2D eigenvalue weighted by Gasteiger charge is 2.10. The number of thioether (sulfide) groups is 1. The van der Waals surface area contributed by atoms with Gasteiger partial charge in [-0.1, -0.05) is 30.9 Å². The maximum atomic E-state index is 12.0. The van der Waals surface area contributed by atoms with E-state index in [1.807, 2.05) is 25.7 Å². The van der Waals surface area contributed by atoms with Crippen LogP contribution in [-0.2, 0) is 9.53 Å². The van der Waals surface area contributed by atoms with Gasteiger partial charge in [0, 0.05) is 18.8 Å². The van der Waals surface area contributed by atoms with Gasteiger partial charge in [-0.15, -0.1) is 0 Å². The minimum atomic E-state index is -0.352. The van der Waals surface area contributed by atoms with E-state index in [1.54, 1.807) is 24.3 Å². The average Bonchev–Trinajstić information content (AvgIpc) is 2.59. The molecule has 132 valence electrons.